The van der Waals surface area contributed by atoms with Crippen molar-refractivity contribution in [2.75, 3.05) is 0 Å². The average Bonchev–Trinajstić information content (AvgIpc) is 1.96. The van der Waals surface area contributed by atoms with Gasteiger partial charge in [-0.25, -0.2) is 18.2 Å². The Labute approximate surface area is 75.7 Å². The van der Waals surface area contributed by atoms with Crippen LogP contribution < -0.4 is 0 Å². The van der Waals surface area contributed by atoms with Crippen LogP contribution in [0.2, 0.25) is 0 Å². The Kier molecular flexibility index (Phi) is 2.72. The second kappa shape index (κ2) is 3.43. The predicted molar refractivity (Wildman–Crippen MR) is 41.6 cm³/mol. The molecule has 0 N–H and O–H groups in total. The molecule has 0 spiro atoms. The molecule has 1 aromatic rings. The summed E-state index contributed by atoms with van der Waals surface area (Å²) in [5, 5.41) is 0. The fourth-order valence-electron chi connectivity index (χ4n) is 0.792. The summed E-state index contributed by atoms with van der Waals surface area (Å²) in [4.78, 5) is 3.36. The van der Waals surface area contributed by atoms with Gasteiger partial charge < -0.3 is 0 Å². The molecule has 0 aromatic carbocycles. The number of hydrogen-bond acceptors (Lipinski definition) is 1. The van der Waals surface area contributed by atoms with E-state index in [1.165, 1.54) is 6.92 Å². The molecular weight excluding hydrogens is 235 g/mol. The van der Waals surface area contributed by atoms with Gasteiger partial charge in [0.1, 0.15) is 10.3 Å². The molecular formula is C7H5BrF3N. The van der Waals surface area contributed by atoms with Gasteiger partial charge in [0.15, 0.2) is 5.82 Å². The highest BCUT2D eigenvalue weighted by Gasteiger charge is 2.14. The van der Waals surface area contributed by atoms with Crippen LogP contribution in [0.15, 0.2) is 10.7 Å². The molecule has 0 atom stereocenters. The molecule has 12 heavy (non-hydrogen) atoms. The summed E-state index contributed by atoms with van der Waals surface area (Å²) >= 11 is 2.73. The Bertz CT molecular complexity index is 301. The van der Waals surface area contributed by atoms with E-state index in [4.69, 9.17) is 0 Å². The number of hydrogen-bond donors (Lipinski definition) is 0. The van der Waals surface area contributed by atoms with Crippen LogP contribution in [0.1, 0.15) is 17.7 Å². The minimum atomic E-state index is -2.66. The van der Waals surface area contributed by atoms with Crippen molar-refractivity contribution < 1.29 is 13.2 Å². The number of aryl methyl sites for hydroxylation is 1. The van der Waals surface area contributed by atoms with E-state index in [0.29, 0.717) is 0 Å². The lowest BCUT2D eigenvalue weighted by atomic mass is 10.2. The highest BCUT2D eigenvalue weighted by atomic mass is 79.9. The van der Waals surface area contributed by atoms with Gasteiger partial charge >= 0.3 is 0 Å². The van der Waals surface area contributed by atoms with Crippen molar-refractivity contribution in [2.45, 2.75) is 13.3 Å². The van der Waals surface area contributed by atoms with Gasteiger partial charge in [0.2, 0.25) is 0 Å². The average molecular weight is 240 g/mol. The topological polar surface area (TPSA) is 12.9 Å². The lowest BCUT2D eigenvalue weighted by Crippen LogP contribution is -1.97. The highest BCUT2D eigenvalue weighted by molar-refractivity contribution is 9.10. The van der Waals surface area contributed by atoms with Crippen molar-refractivity contribution in [1.29, 1.82) is 0 Å². The van der Waals surface area contributed by atoms with Crippen LogP contribution in [0.3, 0.4) is 0 Å². The molecule has 5 heteroatoms. The lowest BCUT2D eigenvalue weighted by Gasteiger charge is -2.04. The smallest absolute Gasteiger partial charge is 0.237 e. The first-order valence-corrected chi connectivity index (χ1v) is 3.92. The second-order valence-electron chi connectivity index (χ2n) is 2.26. The molecule has 0 bridgehead atoms. The maximum Gasteiger partial charge on any atom is 0.280 e. The number of aromatic nitrogens is 1. The fourth-order valence-corrected chi connectivity index (χ4v) is 1.10. The first-order chi connectivity index (χ1) is 5.52. The fraction of sp³-hybridized carbons (Fsp3) is 0.286. The van der Waals surface area contributed by atoms with Crippen LogP contribution in [-0.2, 0) is 0 Å². The number of halogens is 4. The van der Waals surface area contributed by atoms with Crippen molar-refractivity contribution >= 4 is 15.9 Å². The maximum absolute atomic E-state index is 12.7. The molecule has 0 amide bonds. The zero-order chi connectivity index (χ0) is 9.30. The Morgan fingerprint density at radius 1 is 1.50 bits per heavy atom. The zero-order valence-electron chi connectivity index (χ0n) is 6.11. The van der Waals surface area contributed by atoms with Crippen LogP contribution in [0, 0.1) is 12.7 Å². The van der Waals surface area contributed by atoms with Crippen LogP contribution in [0.5, 0.6) is 0 Å². The van der Waals surface area contributed by atoms with E-state index in [0.717, 1.165) is 6.07 Å². The molecule has 0 aliphatic carbocycles. The van der Waals surface area contributed by atoms with E-state index in [9.17, 15) is 13.2 Å². The highest BCUT2D eigenvalue weighted by Crippen LogP contribution is 2.24. The number of nitrogens with zero attached hydrogens (tertiary/aromatic N) is 1. The second-order valence-corrected chi connectivity index (χ2v) is 3.01. The first kappa shape index (κ1) is 9.51. The Hall–Kier alpha value is -0.580. The van der Waals surface area contributed by atoms with Crippen molar-refractivity contribution in [1.82, 2.24) is 4.98 Å². The molecule has 0 fully saturated rings. The van der Waals surface area contributed by atoms with Gasteiger partial charge in [-0.15, -0.1) is 0 Å². The first-order valence-electron chi connectivity index (χ1n) is 3.13. The van der Waals surface area contributed by atoms with E-state index in [1.54, 1.807) is 0 Å². The number of pyridine rings is 1. The number of alkyl halides is 2. The van der Waals surface area contributed by atoms with Crippen LogP contribution in [0.25, 0.3) is 0 Å². The van der Waals surface area contributed by atoms with E-state index < -0.39 is 12.2 Å². The third-order valence-electron chi connectivity index (χ3n) is 1.37. The van der Waals surface area contributed by atoms with Crippen molar-refractivity contribution in [3.63, 3.8) is 0 Å². The third-order valence-corrected chi connectivity index (χ3v) is 1.93. The summed E-state index contributed by atoms with van der Waals surface area (Å²) < 4.78 is 36.8. The summed E-state index contributed by atoms with van der Waals surface area (Å²) in [6, 6.07) is 1.03. The molecule has 1 aromatic heterocycles. The zero-order valence-corrected chi connectivity index (χ0v) is 7.70. The maximum atomic E-state index is 12.7. The summed E-state index contributed by atoms with van der Waals surface area (Å²) in [5.74, 6) is -0.628. The van der Waals surface area contributed by atoms with E-state index >= 15 is 0 Å². The molecule has 0 radical (unpaired) electrons. The third kappa shape index (κ3) is 1.77. The largest absolute Gasteiger partial charge is 0.280 e. The summed E-state index contributed by atoms with van der Waals surface area (Å²) in [6.45, 7) is 1.39. The standard InChI is InChI=1S/C7H5BrF3N/c1-3-2-4(9)6(8)12-5(3)7(10)11/h2,7H,1H3. The molecule has 0 aliphatic heterocycles. The van der Waals surface area contributed by atoms with E-state index in [2.05, 4.69) is 20.9 Å². The van der Waals surface area contributed by atoms with Crippen LogP contribution in [-0.4, -0.2) is 4.98 Å². The Morgan fingerprint density at radius 3 is 2.58 bits per heavy atom. The Morgan fingerprint density at radius 2 is 2.08 bits per heavy atom. The molecule has 0 unspecified atom stereocenters. The Balaban J connectivity index is 3.23. The van der Waals surface area contributed by atoms with E-state index in [1.807, 2.05) is 0 Å². The van der Waals surface area contributed by atoms with Gasteiger partial charge in [-0.1, -0.05) is 0 Å². The quantitative estimate of drug-likeness (QED) is 0.686. The van der Waals surface area contributed by atoms with Crippen molar-refractivity contribution in [3.8, 4) is 0 Å². The van der Waals surface area contributed by atoms with Gasteiger partial charge in [0, 0.05) is 0 Å². The summed E-state index contributed by atoms with van der Waals surface area (Å²) in [7, 11) is 0. The summed E-state index contributed by atoms with van der Waals surface area (Å²) in [6.07, 6.45) is -2.66. The van der Waals surface area contributed by atoms with Gasteiger partial charge in [0.25, 0.3) is 6.43 Å². The molecule has 1 rings (SSSR count). The molecule has 66 valence electrons. The monoisotopic (exact) mass is 239 g/mol. The van der Waals surface area contributed by atoms with Crippen LogP contribution in [0.4, 0.5) is 13.2 Å². The van der Waals surface area contributed by atoms with E-state index in [-0.39, 0.29) is 15.9 Å². The molecule has 1 nitrogen and oxygen atoms in total. The minimum absolute atomic E-state index is 0.158. The van der Waals surface area contributed by atoms with Gasteiger partial charge in [-0.05, 0) is 34.5 Å². The van der Waals surface area contributed by atoms with Gasteiger partial charge in [-0.2, -0.15) is 0 Å². The van der Waals surface area contributed by atoms with Crippen molar-refractivity contribution in [3.05, 3.63) is 27.7 Å². The summed E-state index contributed by atoms with van der Waals surface area (Å²) in [5.41, 5.74) is -0.228. The molecule has 0 aliphatic rings. The SMILES string of the molecule is Cc1cc(F)c(Br)nc1C(F)F. The van der Waals surface area contributed by atoms with Gasteiger partial charge in [-0.3, -0.25) is 0 Å². The number of rotatable bonds is 1. The predicted octanol–water partition coefficient (Wildman–Crippen LogP) is 3.23. The molecule has 0 saturated heterocycles. The lowest BCUT2D eigenvalue weighted by molar-refractivity contribution is 0.145. The van der Waals surface area contributed by atoms with Gasteiger partial charge in [0.05, 0.1) is 0 Å². The normalized spacial score (nSPS) is 10.8. The van der Waals surface area contributed by atoms with Crippen molar-refractivity contribution in [2.24, 2.45) is 0 Å². The molecule has 1 heterocycles. The minimum Gasteiger partial charge on any atom is -0.237 e. The van der Waals surface area contributed by atoms with Crippen LogP contribution >= 0.6 is 15.9 Å². The molecule has 0 saturated carbocycles.